The molecule has 0 saturated carbocycles. The maximum absolute atomic E-state index is 3.67. The lowest BCUT2D eigenvalue weighted by Gasteiger charge is -2.42. The molecule has 0 aromatic rings. The van der Waals surface area contributed by atoms with Crippen LogP contribution in [-0.2, 0) is 0 Å². The third kappa shape index (κ3) is 7.31. The third-order valence-corrected chi connectivity index (χ3v) is 4.72. The molecule has 19 heavy (non-hydrogen) atoms. The molecule has 0 spiro atoms. The molecule has 0 unspecified atom stereocenters. The van der Waals surface area contributed by atoms with Crippen molar-refractivity contribution in [2.24, 2.45) is 0 Å². The first kappa shape index (κ1) is 17.0. The minimum atomic E-state index is 1.23. The lowest BCUT2D eigenvalue weighted by molar-refractivity contribution is -0.931. The Morgan fingerprint density at radius 1 is 0.737 bits per heavy atom. The molecule has 0 bridgehead atoms. The van der Waals surface area contributed by atoms with Crippen LogP contribution in [0.3, 0.4) is 0 Å². The van der Waals surface area contributed by atoms with E-state index in [0.717, 1.165) is 0 Å². The average molecular weight is 269 g/mol. The average Bonchev–Trinajstić information content (AvgIpc) is 2.44. The van der Waals surface area contributed by atoms with Crippen LogP contribution in [-0.4, -0.2) is 43.8 Å². The van der Waals surface area contributed by atoms with Gasteiger partial charge in [-0.25, -0.2) is 0 Å². The molecule has 0 aromatic heterocycles. The molecule has 0 atom stereocenters. The monoisotopic (exact) mass is 269 g/mol. The summed E-state index contributed by atoms with van der Waals surface area (Å²) in [5, 5.41) is 3.67. The highest BCUT2D eigenvalue weighted by Gasteiger charge is 2.28. The lowest BCUT2D eigenvalue weighted by atomic mass is 10.1. The molecule has 0 aromatic carbocycles. The molecular weight excluding hydrogens is 232 g/mol. The first-order valence-corrected chi connectivity index (χ1v) is 8.89. The minimum absolute atomic E-state index is 1.23. The van der Waals surface area contributed by atoms with Crippen molar-refractivity contribution in [3.05, 3.63) is 0 Å². The van der Waals surface area contributed by atoms with Crippen LogP contribution in [0.15, 0.2) is 0 Å². The molecule has 1 saturated heterocycles. The van der Waals surface area contributed by atoms with Crippen LogP contribution in [0.4, 0.5) is 0 Å². The van der Waals surface area contributed by atoms with Crippen LogP contribution in [0.5, 0.6) is 0 Å². The van der Waals surface area contributed by atoms with Crippen molar-refractivity contribution in [2.75, 3.05) is 39.3 Å². The van der Waals surface area contributed by atoms with E-state index in [0.29, 0.717) is 0 Å². The first-order valence-electron chi connectivity index (χ1n) is 8.89. The zero-order valence-electron chi connectivity index (χ0n) is 13.6. The number of nitrogens with zero attached hydrogens (tertiary/aromatic N) is 1. The van der Waals surface area contributed by atoms with Gasteiger partial charge in [0.15, 0.2) is 0 Å². The molecule has 0 radical (unpaired) electrons. The molecule has 0 amide bonds. The quantitative estimate of drug-likeness (QED) is 0.442. The second-order valence-electron chi connectivity index (χ2n) is 6.46. The molecule has 2 nitrogen and oxygen atoms in total. The summed E-state index contributed by atoms with van der Waals surface area (Å²) in [5.74, 6) is 0. The number of hydrogen-bond acceptors (Lipinski definition) is 1. The van der Waals surface area contributed by atoms with E-state index in [1.165, 1.54) is 102 Å². The lowest BCUT2D eigenvalue weighted by Crippen LogP contribution is -2.54. The third-order valence-electron chi connectivity index (χ3n) is 4.72. The van der Waals surface area contributed by atoms with Crippen LogP contribution in [0.1, 0.15) is 71.6 Å². The Hall–Kier alpha value is -0.0800. The van der Waals surface area contributed by atoms with Crippen molar-refractivity contribution in [3.63, 3.8) is 0 Å². The summed E-state index contributed by atoms with van der Waals surface area (Å²) in [6.45, 7) is 12.7. The molecule has 2 heteroatoms. The van der Waals surface area contributed by atoms with Gasteiger partial charge in [-0.15, -0.1) is 0 Å². The zero-order valence-corrected chi connectivity index (χ0v) is 13.6. The highest BCUT2D eigenvalue weighted by molar-refractivity contribution is 4.57. The van der Waals surface area contributed by atoms with E-state index in [2.05, 4.69) is 19.2 Å². The van der Waals surface area contributed by atoms with Gasteiger partial charge in [0.2, 0.25) is 0 Å². The standard InChI is InChI=1S/C17H37N2/c1-3-5-8-12-18-13-17-19(14-9-6-4-2)15-10-7-11-16-19/h18H,3-17H2,1-2H3/q+1. The van der Waals surface area contributed by atoms with Crippen molar-refractivity contribution >= 4 is 0 Å². The Bertz CT molecular complexity index is 197. The van der Waals surface area contributed by atoms with Gasteiger partial charge in [-0.05, 0) is 45.1 Å². The highest BCUT2D eigenvalue weighted by Crippen LogP contribution is 2.19. The topological polar surface area (TPSA) is 12.0 Å². The van der Waals surface area contributed by atoms with E-state index < -0.39 is 0 Å². The number of unbranched alkanes of at least 4 members (excludes halogenated alkanes) is 4. The second-order valence-corrected chi connectivity index (χ2v) is 6.46. The molecule has 1 aliphatic heterocycles. The maximum Gasteiger partial charge on any atom is 0.0913 e. The number of nitrogens with one attached hydrogen (secondary N) is 1. The largest absolute Gasteiger partial charge is 0.323 e. The van der Waals surface area contributed by atoms with Gasteiger partial charge in [0.1, 0.15) is 0 Å². The smallest absolute Gasteiger partial charge is 0.0913 e. The van der Waals surface area contributed by atoms with E-state index in [-0.39, 0.29) is 0 Å². The molecule has 1 heterocycles. The van der Waals surface area contributed by atoms with Crippen LogP contribution >= 0.6 is 0 Å². The summed E-state index contributed by atoms with van der Waals surface area (Å²) in [7, 11) is 0. The first-order chi connectivity index (χ1) is 9.33. The Balaban J connectivity index is 2.20. The SMILES string of the molecule is CCCCCNCC[N+]1(CCCCC)CCCCC1. The Morgan fingerprint density at radius 3 is 2.11 bits per heavy atom. The van der Waals surface area contributed by atoms with Crippen LogP contribution < -0.4 is 5.32 Å². The Morgan fingerprint density at radius 2 is 1.42 bits per heavy atom. The van der Waals surface area contributed by atoms with Crippen LogP contribution in [0.2, 0.25) is 0 Å². The predicted molar refractivity (Wildman–Crippen MR) is 85.5 cm³/mol. The van der Waals surface area contributed by atoms with Crippen molar-refractivity contribution in [2.45, 2.75) is 71.6 Å². The summed E-state index contributed by atoms with van der Waals surface area (Å²) >= 11 is 0. The van der Waals surface area contributed by atoms with Crippen molar-refractivity contribution < 1.29 is 4.48 Å². The molecule has 114 valence electrons. The van der Waals surface area contributed by atoms with Gasteiger partial charge in [0.05, 0.1) is 26.2 Å². The van der Waals surface area contributed by atoms with E-state index in [9.17, 15) is 0 Å². The Kier molecular flexibility index (Phi) is 9.54. The van der Waals surface area contributed by atoms with Gasteiger partial charge in [-0.2, -0.15) is 0 Å². The van der Waals surface area contributed by atoms with Gasteiger partial charge >= 0.3 is 0 Å². The molecule has 1 rings (SSSR count). The summed E-state index contributed by atoms with van der Waals surface area (Å²) in [5.41, 5.74) is 0. The van der Waals surface area contributed by atoms with Crippen molar-refractivity contribution in [1.82, 2.24) is 5.32 Å². The molecule has 1 N–H and O–H groups in total. The summed E-state index contributed by atoms with van der Waals surface area (Å²) < 4.78 is 1.42. The fourth-order valence-corrected chi connectivity index (χ4v) is 3.38. The van der Waals surface area contributed by atoms with E-state index in [4.69, 9.17) is 0 Å². The second kappa shape index (κ2) is 10.7. The fraction of sp³-hybridized carbons (Fsp3) is 1.00. The molecule has 0 aliphatic carbocycles. The van der Waals surface area contributed by atoms with Gasteiger partial charge in [-0.3, -0.25) is 0 Å². The Labute approximate surface area is 121 Å². The number of likely N-dealkylation sites (tertiary alicyclic amines) is 1. The number of hydrogen-bond donors (Lipinski definition) is 1. The normalized spacial score (nSPS) is 18.6. The molecular formula is C17H37N2+. The minimum Gasteiger partial charge on any atom is -0.323 e. The van der Waals surface area contributed by atoms with Gasteiger partial charge in [0, 0.05) is 6.54 Å². The number of piperidine rings is 1. The van der Waals surface area contributed by atoms with Crippen molar-refractivity contribution in [1.29, 1.82) is 0 Å². The number of rotatable bonds is 11. The maximum atomic E-state index is 3.67. The number of quaternary nitrogens is 1. The van der Waals surface area contributed by atoms with Gasteiger partial charge in [0.25, 0.3) is 0 Å². The van der Waals surface area contributed by atoms with Gasteiger partial charge < -0.3 is 9.80 Å². The summed E-state index contributed by atoms with van der Waals surface area (Å²) in [6, 6.07) is 0. The van der Waals surface area contributed by atoms with E-state index in [1.54, 1.807) is 0 Å². The van der Waals surface area contributed by atoms with Crippen LogP contribution in [0, 0.1) is 0 Å². The summed E-state index contributed by atoms with van der Waals surface area (Å²) in [4.78, 5) is 0. The predicted octanol–water partition coefficient (Wildman–Crippen LogP) is 3.96. The fourth-order valence-electron chi connectivity index (χ4n) is 3.38. The molecule has 1 aliphatic rings. The van der Waals surface area contributed by atoms with Gasteiger partial charge in [-0.1, -0.05) is 33.1 Å². The van der Waals surface area contributed by atoms with E-state index >= 15 is 0 Å². The van der Waals surface area contributed by atoms with E-state index in [1.807, 2.05) is 0 Å². The summed E-state index contributed by atoms with van der Waals surface area (Å²) in [6.07, 6.45) is 12.7. The van der Waals surface area contributed by atoms with Crippen molar-refractivity contribution in [3.8, 4) is 0 Å². The highest BCUT2D eigenvalue weighted by atomic mass is 15.4. The van der Waals surface area contributed by atoms with Crippen LogP contribution in [0.25, 0.3) is 0 Å². The zero-order chi connectivity index (χ0) is 13.8. The molecule has 1 fully saturated rings.